The lowest BCUT2D eigenvalue weighted by molar-refractivity contribution is -0.384. The Hall–Kier alpha value is -5.61. The fourth-order valence-electron chi connectivity index (χ4n) is 10.8. The first-order valence-corrected chi connectivity index (χ1v) is 37.3. The summed E-state index contributed by atoms with van der Waals surface area (Å²) in [4.78, 5) is 0. The van der Waals surface area contributed by atoms with Crippen molar-refractivity contribution < 1.29 is 84.4 Å². The molecule has 7 aromatic carbocycles. The number of methoxy groups -OCH3 is 4. The zero-order valence-corrected chi connectivity index (χ0v) is 56.1. The predicted octanol–water partition coefficient (Wildman–Crippen LogP) is 13.4. The SMILES string of the molecule is COc1ccc(Cc2cc([C@]3(OC)O[C@H](CO[Si](C)(C)C)[C@@H](O)[C@H](O)[C@H]3O)ccc2Cl)c(F)c1F.COc1ccc(Cc2cc([C@]3(OC)O[C@H](CO[Si](C)(C)C)[C@@H](OCc4ccccc4)[C@H](OCc4ccccc4)[C@H]3OCc3ccccc3)ccc2Cl)c(F)c1F. The molecule has 2 fully saturated rings. The molecule has 0 aromatic heterocycles. The lowest BCUT2D eigenvalue weighted by Crippen LogP contribution is -2.66. The Balaban J connectivity index is 0.000000262. The second-order valence-electron chi connectivity index (χ2n) is 24.1. The van der Waals surface area contributed by atoms with Gasteiger partial charge in [-0.3, -0.25) is 0 Å². The number of halogens is 6. The maximum atomic E-state index is 15.3. The molecule has 0 unspecified atom stereocenters. The van der Waals surface area contributed by atoms with Crippen LogP contribution in [0.5, 0.6) is 11.5 Å². The first kappa shape index (κ1) is 71.2. The van der Waals surface area contributed by atoms with Gasteiger partial charge in [0, 0.05) is 48.2 Å². The molecule has 2 aliphatic rings. The van der Waals surface area contributed by atoms with E-state index >= 15 is 4.39 Å². The summed E-state index contributed by atoms with van der Waals surface area (Å²) < 4.78 is 127. The maximum Gasteiger partial charge on any atom is 0.225 e. The second-order valence-corrected chi connectivity index (χ2v) is 34.0. The van der Waals surface area contributed by atoms with Crippen molar-refractivity contribution in [1.82, 2.24) is 0 Å². The van der Waals surface area contributed by atoms with Crippen molar-refractivity contribution in [2.75, 3.05) is 41.7 Å². The van der Waals surface area contributed by atoms with Gasteiger partial charge in [0.2, 0.25) is 23.2 Å². The molecule has 7 aromatic rings. The van der Waals surface area contributed by atoms with Crippen molar-refractivity contribution in [3.8, 4) is 11.5 Å². The van der Waals surface area contributed by atoms with E-state index in [-0.39, 0.29) is 79.1 Å². The number of aliphatic hydroxyl groups excluding tert-OH is 3. The average molecular weight is 1340 g/mol. The summed E-state index contributed by atoms with van der Waals surface area (Å²) in [7, 11) is 1.31. The van der Waals surface area contributed by atoms with Gasteiger partial charge < -0.3 is 66.8 Å². The molecule has 22 heteroatoms. The molecule has 91 heavy (non-hydrogen) atoms. The van der Waals surface area contributed by atoms with Crippen molar-refractivity contribution in [2.24, 2.45) is 0 Å². The van der Waals surface area contributed by atoms with Crippen LogP contribution in [0.1, 0.15) is 50.1 Å². The Kier molecular flexibility index (Phi) is 24.7. The molecular weight excluding hydrogens is 1260 g/mol. The van der Waals surface area contributed by atoms with E-state index < -0.39 is 100 Å². The van der Waals surface area contributed by atoms with Gasteiger partial charge in [-0.25, -0.2) is 8.78 Å². The Morgan fingerprint density at radius 3 is 1.26 bits per heavy atom. The largest absolute Gasteiger partial charge is 0.494 e. The Morgan fingerprint density at radius 1 is 0.451 bits per heavy atom. The van der Waals surface area contributed by atoms with Crippen LogP contribution in [0.2, 0.25) is 49.3 Å². The number of hydrogen-bond donors (Lipinski definition) is 3. The van der Waals surface area contributed by atoms with E-state index in [0.717, 1.165) is 16.7 Å². The predicted molar refractivity (Wildman–Crippen MR) is 343 cm³/mol. The van der Waals surface area contributed by atoms with E-state index in [9.17, 15) is 28.5 Å². The normalized spacial score (nSPS) is 23.5. The third-order valence-corrected chi connectivity index (χ3v) is 18.4. The molecule has 0 saturated carbocycles. The number of aliphatic hydroxyl groups is 3. The molecule has 0 radical (unpaired) electrons. The van der Waals surface area contributed by atoms with Crippen LogP contribution in [-0.2, 0) is 86.2 Å². The number of benzene rings is 7. The summed E-state index contributed by atoms with van der Waals surface area (Å²) >= 11 is 13.1. The molecule has 3 N–H and O–H groups in total. The van der Waals surface area contributed by atoms with Crippen molar-refractivity contribution in [1.29, 1.82) is 0 Å². The highest BCUT2D eigenvalue weighted by Crippen LogP contribution is 2.46. The van der Waals surface area contributed by atoms with E-state index in [1.807, 2.05) is 111 Å². The van der Waals surface area contributed by atoms with Gasteiger partial charge in [-0.2, -0.15) is 8.78 Å². The molecule has 14 nitrogen and oxygen atoms in total. The highest BCUT2D eigenvalue weighted by Gasteiger charge is 2.59. The van der Waals surface area contributed by atoms with Gasteiger partial charge in [0.15, 0.2) is 39.8 Å². The monoisotopic (exact) mass is 1330 g/mol. The molecule has 10 atom stereocenters. The van der Waals surface area contributed by atoms with Crippen LogP contribution in [0.4, 0.5) is 17.6 Å². The van der Waals surface area contributed by atoms with Gasteiger partial charge >= 0.3 is 0 Å². The Bertz CT molecular complexity index is 3480. The fraction of sp³-hybridized carbons (Fsp3) is 0.391. The molecule has 0 bridgehead atoms. The van der Waals surface area contributed by atoms with Crippen molar-refractivity contribution in [3.05, 3.63) is 235 Å². The summed E-state index contributed by atoms with van der Waals surface area (Å²) in [5, 5.41) is 32.6. The van der Waals surface area contributed by atoms with Crippen molar-refractivity contribution >= 4 is 39.8 Å². The van der Waals surface area contributed by atoms with E-state index in [0.29, 0.717) is 21.7 Å². The van der Waals surface area contributed by atoms with E-state index in [4.69, 9.17) is 74.7 Å². The lowest BCUT2D eigenvalue weighted by atomic mass is 9.86. The smallest absolute Gasteiger partial charge is 0.225 e. The summed E-state index contributed by atoms with van der Waals surface area (Å²) in [6.07, 6.45) is -8.88. The third kappa shape index (κ3) is 17.4. The Labute approximate surface area is 542 Å². The second kappa shape index (κ2) is 31.5. The van der Waals surface area contributed by atoms with Crippen LogP contribution < -0.4 is 9.47 Å². The molecular formula is C69H80Cl2F4O14Si2. The molecule has 0 spiro atoms. The average Bonchev–Trinajstić information content (AvgIpc) is 0.749. The van der Waals surface area contributed by atoms with Crippen LogP contribution in [0, 0.1) is 23.3 Å². The topological polar surface area (TPSA) is 162 Å². The highest BCUT2D eigenvalue weighted by molar-refractivity contribution is 6.70. The first-order valence-electron chi connectivity index (χ1n) is 29.7. The summed E-state index contributed by atoms with van der Waals surface area (Å²) in [6.45, 7) is 13.1. The fourth-order valence-corrected chi connectivity index (χ4v) is 12.5. The third-order valence-electron chi connectivity index (χ3n) is 15.6. The molecule has 2 heterocycles. The quantitative estimate of drug-likeness (QED) is 0.0366. The van der Waals surface area contributed by atoms with Gasteiger partial charge in [0.05, 0.1) is 47.3 Å². The minimum Gasteiger partial charge on any atom is -0.494 e. The van der Waals surface area contributed by atoms with Crippen LogP contribution in [0.15, 0.2) is 152 Å². The first-order chi connectivity index (χ1) is 43.3. The zero-order valence-electron chi connectivity index (χ0n) is 52.6. The number of rotatable bonds is 25. The van der Waals surface area contributed by atoms with Gasteiger partial charge in [0.1, 0.15) is 48.8 Å². The van der Waals surface area contributed by atoms with E-state index in [2.05, 4.69) is 19.6 Å². The van der Waals surface area contributed by atoms with Gasteiger partial charge in [-0.05, 0) is 115 Å². The van der Waals surface area contributed by atoms with Crippen LogP contribution in [0.3, 0.4) is 0 Å². The van der Waals surface area contributed by atoms with Crippen molar-refractivity contribution in [3.63, 3.8) is 0 Å². The van der Waals surface area contributed by atoms with Gasteiger partial charge in [-0.1, -0.05) is 138 Å². The number of ether oxygens (including phenoxy) is 9. The van der Waals surface area contributed by atoms with Gasteiger partial charge in [0.25, 0.3) is 0 Å². The lowest BCUT2D eigenvalue weighted by Gasteiger charge is -2.52. The highest BCUT2D eigenvalue weighted by atomic mass is 35.5. The minimum atomic E-state index is -2.08. The standard InChI is InChI=1S/C45H49ClF2O7Si.C24H31ClF2O7Si/c1-49-38-24-21-34(40(47)41(38)48)25-35-26-36(22-23-37(35)46)45(50-2)44(53-29-33-19-13-8-14-20-33)43(52-28-32-17-11-7-12-18-32)42(39(55-45)30-54-56(3,4)5)51-27-31-15-9-6-10-16-31;1-31-17-9-6-13(19(26)20(17)27)10-14-11-15(7-8-16(14)25)24(32-2)23(30)22(29)21(28)18(34-24)12-33-35(3,4)5/h6-24,26,39,42-44H,25,27-30H2,1-5H3;6-9,11,18,21-23,28-30H,10,12H2,1-5H3/t39-,42-,43+,44-,45+;18-,21-,22+,23-,24+/m11/s1. The van der Waals surface area contributed by atoms with E-state index in [1.54, 1.807) is 25.3 Å². The molecule has 0 amide bonds. The molecule has 2 aliphatic heterocycles. The van der Waals surface area contributed by atoms with Crippen LogP contribution in [-0.4, -0.2) is 122 Å². The van der Waals surface area contributed by atoms with Gasteiger partial charge in [-0.15, -0.1) is 0 Å². The molecule has 9 rings (SSSR count). The van der Waals surface area contributed by atoms with Crippen LogP contribution in [0.25, 0.3) is 0 Å². The molecule has 0 aliphatic carbocycles. The summed E-state index contributed by atoms with van der Waals surface area (Å²) in [5.41, 5.74) is 4.75. The van der Waals surface area contributed by atoms with Crippen LogP contribution >= 0.6 is 23.2 Å². The zero-order chi connectivity index (χ0) is 65.8. The maximum absolute atomic E-state index is 15.3. The van der Waals surface area contributed by atoms with E-state index in [1.165, 1.54) is 63.8 Å². The summed E-state index contributed by atoms with van der Waals surface area (Å²) in [5.74, 6) is -8.16. The molecule has 2 saturated heterocycles. The number of hydrogen-bond acceptors (Lipinski definition) is 14. The minimum absolute atomic E-state index is 0.0202. The molecule has 490 valence electrons. The summed E-state index contributed by atoms with van der Waals surface area (Å²) in [6, 6.07) is 45.1. The Morgan fingerprint density at radius 2 is 0.846 bits per heavy atom. The van der Waals surface area contributed by atoms with Crippen molar-refractivity contribution in [2.45, 2.75) is 132 Å².